The van der Waals surface area contributed by atoms with E-state index in [9.17, 15) is 4.79 Å². The summed E-state index contributed by atoms with van der Waals surface area (Å²) in [6.45, 7) is 6.83. The van der Waals surface area contributed by atoms with Crippen molar-refractivity contribution in [3.8, 4) is 0 Å². The molecule has 2 aliphatic carbocycles. The Kier molecular flexibility index (Phi) is 4.56. The fourth-order valence-electron chi connectivity index (χ4n) is 4.22. The van der Waals surface area contributed by atoms with E-state index in [4.69, 9.17) is 0 Å². The van der Waals surface area contributed by atoms with Gasteiger partial charge in [0.05, 0.1) is 0 Å². The molecule has 0 heterocycles. The van der Waals surface area contributed by atoms with Gasteiger partial charge in [-0.05, 0) is 42.6 Å². The van der Waals surface area contributed by atoms with Gasteiger partial charge in [-0.1, -0.05) is 57.5 Å². The van der Waals surface area contributed by atoms with Crippen LogP contribution in [-0.2, 0) is 4.79 Å². The summed E-state index contributed by atoms with van der Waals surface area (Å²) in [5, 5.41) is 3.34. The second kappa shape index (κ2) is 6.44. The molecular weight excluding hydrogens is 270 g/mol. The van der Waals surface area contributed by atoms with Crippen LogP contribution in [0.4, 0.5) is 0 Å². The minimum absolute atomic E-state index is 0.223. The molecular formula is C20H29NO. The van der Waals surface area contributed by atoms with E-state index in [0.717, 1.165) is 12.8 Å². The van der Waals surface area contributed by atoms with Crippen molar-refractivity contribution in [2.45, 2.75) is 58.4 Å². The van der Waals surface area contributed by atoms with E-state index in [1.54, 1.807) is 0 Å². The molecule has 5 atom stereocenters. The highest BCUT2D eigenvalue weighted by atomic mass is 16.2. The molecule has 120 valence electrons. The molecule has 0 aliphatic heterocycles. The van der Waals surface area contributed by atoms with Crippen molar-refractivity contribution in [3.05, 3.63) is 35.9 Å². The standard InChI is InChI=1S/C20H29NO/c1-13(2)16-10-9-14(3)11-18(16)20(22)21-19-12-17(19)15-7-5-4-6-8-15/h4-8,13-14,16-19H,9-12H2,1-3H3,(H,21,22)/t14-,16+,17-,18-,19+/m1/s1. The molecule has 2 nitrogen and oxygen atoms in total. The van der Waals surface area contributed by atoms with Crippen LogP contribution in [0.5, 0.6) is 0 Å². The third-order valence-corrected chi connectivity index (χ3v) is 5.70. The molecule has 0 saturated heterocycles. The van der Waals surface area contributed by atoms with E-state index in [-0.39, 0.29) is 5.92 Å². The van der Waals surface area contributed by atoms with Crippen LogP contribution in [0.3, 0.4) is 0 Å². The molecule has 1 N–H and O–H groups in total. The first kappa shape index (κ1) is 15.6. The summed E-state index contributed by atoms with van der Waals surface area (Å²) in [4.78, 5) is 12.8. The second-order valence-corrected chi connectivity index (χ2v) is 7.80. The summed E-state index contributed by atoms with van der Waals surface area (Å²) < 4.78 is 0. The Labute approximate surface area is 134 Å². The lowest BCUT2D eigenvalue weighted by Gasteiger charge is -2.36. The fourth-order valence-corrected chi connectivity index (χ4v) is 4.22. The number of rotatable bonds is 4. The van der Waals surface area contributed by atoms with Crippen LogP contribution in [0.15, 0.2) is 30.3 Å². The number of carbonyl (C=O) groups excluding carboxylic acids is 1. The Balaban J connectivity index is 1.59. The van der Waals surface area contributed by atoms with Crippen molar-refractivity contribution < 1.29 is 4.79 Å². The van der Waals surface area contributed by atoms with Crippen molar-refractivity contribution >= 4 is 5.91 Å². The Morgan fingerprint density at radius 1 is 1.14 bits per heavy atom. The lowest BCUT2D eigenvalue weighted by atomic mass is 9.70. The lowest BCUT2D eigenvalue weighted by molar-refractivity contribution is -0.129. The predicted octanol–water partition coefficient (Wildman–Crippen LogP) is 4.37. The van der Waals surface area contributed by atoms with E-state index < -0.39 is 0 Å². The van der Waals surface area contributed by atoms with Crippen LogP contribution in [-0.4, -0.2) is 11.9 Å². The zero-order chi connectivity index (χ0) is 15.7. The summed E-state index contributed by atoms with van der Waals surface area (Å²) in [5.74, 6) is 2.92. The van der Waals surface area contributed by atoms with Crippen LogP contribution in [0, 0.1) is 23.7 Å². The van der Waals surface area contributed by atoms with Crippen LogP contribution in [0.2, 0.25) is 0 Å². The molecule has 1 amide bonds. The average Bonchev–Trinajstić information content (AvgIpc) is 3.27. The van der Waals surface area contributed by atoms with Gasteiger partial charge < -0.3 is 5.32 Å². The first-order chi connectivity index (χ1) is 10.6. The maximum atomic E-state index is 12.8. The lowest BCUT2D eigenvalue weighted by Crippen LogP contribution is -2.41. The van der Waals surface area contributed by atoms with Gasteiger partial charge in [0.15, 0.2) is 0 Å². The van der Waals surface area contributed by atoms with E-state index in [2.05, 4.69) is 56.4 Å². The Morgan fingerprint density at radius 2 is 1.86 bits per heavy atom. The minimum atomic E-state index is 0.223. The summed E-state index contributed by atoms with van der Waals surface area (Å²) in [5.41, 5.74) is 1.37. The van der Waals surface area contributed by atoms with E-state index in [0.29, 0.717) is 35.6 Å². The Morgan fingerprint density at radius 3 is 2.55 bits per heavy atom. The number of benzene rings is 1. The fraction of sp³-hybridized carbons (Fsp3) is 0.650. The van der Waals surface area contributed by atoms with Crippen LogP contribution in [0.25, 0.3) is 0 Å². The van der Waals surface area contributed by atoms with Gasteiger partial charge in [0.1, 0.15) is 0 Å². The zero-order valence-electron chi connectivity index (χ0n) is 14.1. The zero-order valence-corrected chi connectivity index (χ0v) is 14.1. The molecule has 0 aromatic heterocycles. The molecule has 0 unspecified atom stereocenters. The highest BCUT2D eigenvalue weighted by Gasteiger charge is 2.42. The van der Waals surface area contributed by atoms with Crippen LogP contribution in [0.1, 0.15) is 57.9 Å². The number of hydrogen-bond donors (Lipinski definition) is 1. The molecule has 0 spiro atoms. The summed E-state index contributed by atoms with van der Waals surface area (Å²) in [6.07, 6.45) is 4.66. The van der Waals surface area contributed by atoms with Crippen LogP contribution < -0.4 is 5.32 Å². The number of nitrogens with one attached hydrogen (secondary N) is 1. The molecule has 2 heteroatoms. The quantitative estimate of drug-likeness (QED) is 0.879. The Hall–Kier alpha value is -1.31. The van der Waals surface area contributed by atoms with Gasteiger partial charge in [0.2, 0.25) is 5.91 Å². The molecule has 0 bridgehead atoms. The average molecular weight is 299 g/mol. The summed E-state index contributed by atoms with van der Waals surface area (Å²) in [7, 11) is 0. The maximum Gasteiger partial charge on any atom is 0.223 e. The van der Waals surface area contributed by atoms with Gasteiger partial charge in [-0.3, -0.25) is 4.79 Å². The molecule has 0 radical (unpaired) electrons. The monoisotopic (exact) mass is 299 g/mol. The SMILES string of the molecule is CC(C)[C@@H]1CC[C@@H](C)C[C@H]1C(=O)N[C@H]1C[C@@H]1c1ccccc1. The maximum absolute atomic E-state index is 12.8. The van der Waals surface area contributed by atoms with E-state index in [1.165, 1.54) is 18.4 Å². The summed E-state index contributed by atoms with van der Waals surface area (Å²) >= 11 is 0. The highest BCUT2D eigenvalue weighted by Crippen LogP contribution is 2.42. The Bertz CT molecular complexity index is 510. The normalized spacial score (nSPS) is 34.5. The van der Waals surface area contributed by atoms with Gasteiger partial charge in [-0.15, -0.1) is 0 Å². The van der Waals surface area contributed by atoms with Gasteiger partial charge in [-0.25, -0.2) is 0 Å². The van der Waals surface area contributed by atoms with Gasteiger partial charge in [0, 0.05) is 17.9 Å². The first-order valence-corrected chi connectivity index (χ1v) is 8.91. The van der Waals surface area contributed by atoms with Gasteiger partial charge in [-0.2, -0.15) is 0 Å². The first-order valence-electron chi connectivity index (χ1n) is 8.91. The molecule has 2 saturated carbocycles. The molecule has 22 heavy (non-hydrogen) atoms. The van der Waals surface area contributed by atoms with Gasteiger partial charge >= 0.3 is 0 Å². The van der Waals surface area contributed by atoms with E-state index in [1.807, 2.05) is 0 Å². The molecule has 1 aromatic rings. The number of hydrogen-bond acceptors (Lipinski definition) is 1. The molecule has 2 aliphatic rings. The smallest absolute Gasteiger partial charge is 0.223 e. The molecule has 3 rings (SSSR count). The minimum Gasteiger partial charge on any atom is -0.352 e. The second-order valence-electron chi connectivity index (χ2n) is 7.80. The molecule has 1 aromatic carbocycles. The van der Waals surface area contributed by atoms with Crippen molar-refractivity contribution in [2.75, 3.05) is 0 Å². The third-order valence-electron chi connectivity index (χ3n) is 5.70. The third kappa shape index (κ3) is 3.37. The largest absolute Gasteiger partial charge is 0.352 e. The van der Waals surface area contributed by atoms with Crippen molar-refractivity contribution in [2.24, 2.45) is 23.7 Å². The predicted molar refractivity (Wildman–Crippen MR) is 90.6 cm³/mol. The van der Waals surface area contributed by atoms with Crippen molar-refractivity contribution in [1.82, 2.24) is 5.32 Å². The topological polar surface area (TPSA) is 29.1 Å². The van der Waals surface area contributed by atoms with Crippen LogP contribution >= 0.6 is 0 Å². The van der Waals surface area contributed by atoms with E-state index >= 15 is 0 Å². The van der Waals surface area contributed by atoms with Gasteiger partial charge in [0.25, 0.3) is 0 Å². The number of carbonyl (C=O) groups is 1. The number of amides is 1. The molecule has 2 fully saturated rings. The summed E-state index contributed by atoms with van der Waals surface area (Å²) in [6, 6.07) is 10.9. The van der Waals surface area contributed by atoms with Crippen molar-refractivity contribution in [1.29, 1.82) is 0 Å². The van der Waals surface area contributed by atoms with Crippen molar-refractivity contribution in [3.63, 3.8) is 0 Å². The highest BCUT2D eigenvalue weighted by molar-refractivity contribution is 5.80.